The summed E-state index contributed by atoms with van der Waals surface area (Å²) in [5.41, 5.74) is 1.62. The molecule has 1 aromatic carbocycles. The van der Waals surface area contributed by atoms with E-state index in [1.165, 1.54) is 12.3 Å². The molecule has 0 aliphatic rings. The number of hydrogen-bond acceptors (Lipinski definition) is 5. The number of nitrogens with zero attached hydrogens (tertiary/aromatic N) is 2. The normalized spacial score (nSPS) is 10.4. The highest BCUT2D eigenvalue weighted by atomic mass is 16.3. The molecule has 17 heavy (non-hydrogen) atoms. The molecule has 0 saturated carbocycles. The van der Waals surface area contributed by atoms with Crippen molar-refractivity contribution in [2.24, 2.45) is 0 Å². The summed E-state index contributed by atoms with van der Waals surface area (Å²) in [6.45, 7) is -0.462. The molecule has 3 N–H and O–H groups in total. The lowest BCUT2D eigenvalue weighted by molar-refractivity contribution is 0.260. The van der Waals surface area contributed by atoms with Gasteiger partial charge in [-0.2, -0.15) is 5.26 Å². The first-order valence-electron chi connectivity index (χ1n) is 4.96. The van der Waals surface area contributed by atoms with Crippen LogP contribution in [0.5, 0.6) is 5.75 Å². The molecular weight excluding hydrogens is 220 g/mol. The van der Waals surface area contributed by atoms with Gasteiger partial charge in [-0.3, -0.25) is 4.98 Å². The average molecular weight is 230 g/mol. The van der Waals surface area contributed by atoms with E-state index < -0.39 is 0 Å². The van der Waals surface area contributed by atoms with Gasteiger partial charge in [0.25, 0.3) is 0 Å². The molecule has 5 heteroatoms. The fourth-order valence-corrected chi connectivity index (χ4v) is 1.69. The molecular formula is C12H10N2O3. The topological polar surface area (TPSA) is 97.4 Å². The molecule has 0 atom stereocenters. The number of rotatable bonds is 2. The van der Waals surface area contributed by atoms with E-state index in [4.69, 9.17) is 15.5 Å². The Labute approximate surface area is 97.2 Å². The summed E-state index contributed by atoms with van der Waals surface area (Å²) in [6.07, 6.45) is 1.28. The summed E-state index contributed by atoms with van der Waals surface area (Å²) in [6, 6.07) is 4.95. The molecule has 1 aromatic heterocycles. The third-order valence-corrected chi connectivity index (χ3v) is 2.62. The number of hydrogen-bond donors (Lipinski definition) is 3. The second-order valence-electron chi connectivity index (χ2n) is 3.59. The number of fused-ring (bicyclic) bond motifs is 1. The van der Waals surface area contributed by atoms with Gasteiger partial charge in [-0.15, -0.1) is 0 Å². The maximum absolute atomic E-state index is 9.83. The van der Waals surface area contributed by atoms with Gasteiger partial charge in [-0.1, -0.05) is 0 Å². The maximum Gasteiger partial charge on any atom is 0.144 e. The molecule has 5 nitrogen and oxygen atoms in total. The monoisotopic (exact) mass is 230 g/mol. The van der Waals surface area contributed by atoms with Crippen LogP contribution in [0.15, 0.2) is 18.3 Å². The average Bonchev–Trinajstić information content (AvgIpc) is 2.38. The molecule has 0 bridgehead atoms. The van der Waals surface area contributed by atoms with E-state index in [-0.39, 0.29) is 24.5 Å². The van der Waals surface area contributed by atoms with Gasteiger partial charge in [0.1, 0.15) is 17.4 Å². The van der Waals surface area contributed by atoms with Crippen molar-refractivity contribution >= 4 is 10.9 Å². The summed E-state index contributed by atoms with van der Waals surface area (Å²) < 4.78 is 0. The first-order valence-corrected chi connectivity index (χ1v) is 4.96. The standard InChI is InChI=1S/C12H10N2O3/c13-3-9-4-14-11-2-8(6-16)7(5-15)1-10(11)12(9)17/h1-2,4,15-16H,5-6H2,(H,14,17). The van der Waals surface area contributed by atoms with Crippen molar-refractivity contribution in [2.45, 2.75) is 13.2 Å². The summed E-state index contributed by atoms with van der Waals surface area (Å²) in [5, 5.41) is 37.3. The Morgan fingerprint density at radius 2 is 1.82 bits per heavy atom. The largest absolute Gasteiger partial charge is 0.506 e. The van der Waals surface area contributed by atoms with Gasteiger partial charge in [-0.05, 0) is 23.3 Å². The maximum atomic E-state index is 9.83. The third kappa shape index (κ3) is 1.80. The zero-order valence-corrected chi connectivity index (χ0v) is 8.88. The zero-order valence-electron chi connectivity index (χ0n) is 8.88. The van der Waals surface area contributed by atoms with Gasteiger partial charge >= 0.3 is 0 Å². The summed E-state index contributed by atoms with van der Waals surface area (Å²) in [4.78, 5) is 4.02. The van der Waals surface area contributed by atoms with Crippen molar-refractivity contribution in [3.05, 3.63) is 35.0 Å². The van der Waals surface area contributed by atoms with Crippen molar-refractivity contribution in [1.82, 2.24) is 4.98 Å². The van der Waals surface area contributed by atoms with Gasteiger partial charge in [0.05, 0.1) is 18.7 Å². The second-order valence-corrected chi connectivity index (χ2v) is 3.59. The molecule has 86 valence electrons. The van der Waals surface area contributed by atoms with Gasteiger partial charge in [0.15, 0.2) is 0 Å². The third-order valence-electron chi connectivity index (χ3n) is 2.62. The lowest BCUT2D eigenvalue weighted by Gasteiger charge is -2.08. The van der Waals surface area contributed by atoms with Crippen molar-refractivity contribution < 1.29 is 15.3 Å². The van der Waals surface area contributed by atoms with Gasteiger partial charge < -0.3 is 15.3 Å². The lowest BCUT2D eigenvalue weighted by atomic mass is 10.0. The molecule has 1 heterocycles. The number of aliphatic hydroxyl groups is 2. The molecule has 0 saturated heterocycles. The van der Waals surface area contributed by atoms with Crippen molar-refractivity contribution in [3.63, 3.8) is 0 Å². The van der Waals surface area contributed by atoms with Crippen LogP contribution in [0.25, 0.3) is 10.9 Å². The fraction of sp³-hybridized carbons (Fsp3) is 0.167. The predicted octanol–water partition coefficient (Wildman–Crippen LogP) is 0.797. The number of nitriles is 1. The number of aromatic hydroxyl groups is 1. The Morgan fingerprint density at radius 3 is 2.41 bits per heavy atom. The van der Waals surface area contributed by atoms with E-state index in [1.54, 1.807) is 6.07 Å². The second kappa shape index (κ2) is 4.37. The van der Waals surface area contributed by atoms with Crippen molar-refractivity contribution in [3.8, 4) is 11.8 Å². The fourth-order valence-electron chi connectivity index (χ4n) is 1.69. The summed E-state index contributed by atoms with van der Waals surface area (Å²) in [7, 11) is 0. The number of pyridine rings is 1. The Hall–Kier alpha value is -2.16. The van der Waals surface area contributed by atoms with E-state index in [0.29, 0.717) is 22.0 Å². The molecule has 0 fully saturated rings. The Balaban J connectivity index is 2.80. The van der Waals surface area contributed by atoms with Gasteiger partial charge in [0, 0.05) is 11.6 Å². The van der Waals surface area contributed by atoms with Gasteiger partial charge in [0.2, 0.25) is 0 Å². The molecule has 2 aromatic rings. The molecule has 0 aliphatic carbocycles. The van der Waals surface area contributed by atoms with Crippen LogP contribution in [-0.2, 0) is 13.2 Å². The summed E-state index contributed by atoms with van der Waals surface area (Å²) in [5.74, 6) is -0.156. The highest BCUT2D eigenvalue weighted by Gasteiger charge is 2.10. The zero-order chi connectivity index (χ0) is 12.4. The molecule has 0 unspecified atom stereocenters. The lowest BCUT2D eigenvalue weighted by Crippen LogP contribution is -1.96. The molecule has 0 aliphatic heterocycles. The van der Waals surface area contributed by atoms with Crippen LogP contribution in [0.4, 0.5) is 0 Å². The van der Waals surface area contributed by atoms with Crippen LogP contribution in [0.1, 0.15) is 16.7 Å². The first kappa shape index (κ1) is 11.3. The van der Waals surface area contributed by atoms with E-state index in [1.807, 2.05) is 6.07 Å². The first-order chi connectivity index (χ1) is 8.21. The van der Waals surface area contributed by atoms with Crippen LogP contribution >= 0.6 is 0 Å². The summed E-state index contributed by atoms with van der Waals surface area (Å²) >= 11 is 0. The number of aromatic nitrogens is 1. The van der Waals surface area contributed by atoms with Crippen LogP contribution in [0, 0.1) is 11.3 Å². The van der Waals surface area contributed by atoms with Crippen molar-refractivity contribution in [2.75, 3.05) is 0 Å². The minimum atomic E-state index is -0.248. The van der Waals surface area contributed by atoms with Crippen LogP contribution in [0.2, 0.25) is 0 Å². The van der Waals surface area contributed by atoms with E-state index in [2.05, 4.69) is 4.98 Å². The number of aliphatic hydroxyl groups excluding tert-OH is 2. The minimum absolute atomic E-state index is 0.0816. The van der Waals surface area contributed by atoms with Crippen molar-refractivity contribution in [1.29, 1.82) is 5.26 Å². The van der Waals surface area contributed by atoms with E-state index in [0.717, 1.165) is 0 Å². The van der Waals surface area contributed by atoms with E-state index >= 15 is 0 Å². The quantitative estimate of drug-likeness (QED) is 0.708. The van der Waals surface area contributed by atoms with Crippen LogP contribution < -0.4 is 0 Å². The molecule has 0 spiro atoms. The molecule has 0 radical (unpaired) electrons. The Kier molecular flexibility index (Phi) is 2.91. The SMILES string of the molecule is N#Cc1cnc2cc(CO)c(CO)cc2c1O. The molecule has 2 rings (SSSR count). The predicted molar refractivity (Wildman–Crippen MR) is 60.0 cm³/mol. The van der Waals surface area contributed by atoms with Crippen LogP contribution in [0.3, 0.4) is 0 Å². The highest BCUT2D eigenvalue weighted by molar-refractivity contribution is 5.88. The van der Waals surface area contributed by atoms with E-state index in [9.17, 15) is 5.11 Å². The Morgan fingerprint density at radius 1 is 1.18 bits per heavy atom. The highest BCUT2D eigenvalue weighted by Crippen LogP contribution is 2.29. The Bertz CT molecular complexity index is 617. The molecule has 0 amide bonds. The smallest absolute Gasteiger partial charge is 0.144 e. The van der Waals surface area contributed by atoms with Gasteiger partial charge in [-0.25, -0.2) is 0 Å². The minimum Gasteiger partial charge on any atom is -0.506 e. The number of benzene rings is 1. The van der Waals surface area contributed by atoms with Crippen LogP contribution in [-0.4, -0.2) is 20.3 Å².